The molecule has 0 nitrogen and oxygen atoms in total. The van der Waals surface area contributed by atoms with Gasteiger partial charge in [0.25, 0.3) is 0 Å². The average molecular weight is 212 g/mol. The van der Waals surface area contributed by atoms with Gasteiger partial charge < -0.3 is 0 Å². The van der Waals surface area contributed by atoms with Crippen LogP contribution >= 0.6 is 11.3 Å². The van der Waals surface area contributed by atoms with Crippen LogP contribution in [0, 0.1) is 0 Å². The highest BCUT2D eigenvalue weighted by molar-refractivity contribution is 7.11. The van der Waals surface area contributed by atoms with Crippen molar-refractivity contribution in [3.8, 4) is 11.1 Å². The van der Waals surface area contributed by atoms with Gasteiger partial charge in [0.15, 0.2) is 0 Å². The van der Waals surface area contributed by atoms with E-state index in [4.69, 9.17) is 0 Å². The Kier molecular flexibility index (Phi) is 2.00. The fourth-order valence-corrected chi connectivity index (χ4v) is 3.23. The predicted molar refractivity (Wildman–Crippen MR) is 67.1 cm³/mol. The molecule has 0 unspecified atom stereocenters. The summed E-state index contributed by atoms with van der Waals surface area (Å²) in [5, 5.41) is 2.28. The predicted octanol–water partition coefficient (Wildman–Crippen LogP) is 4.37. The maximum Gasteiger partial charge on any atom is 0.0311 e. The van der Waals surface area contributed by atoms with E-state index in [1.165, 1.54) is 27.1 Å². The summed E-state index contributed by atoms with van der Waals surface area (Å²) < 4.78 is 0. The highest BCUT2D eigenvalue weighted by atomic mass is 32.1. The minimum absolute atomic E-state index is 1.13. The number of hydrogen-bond donors (Lipinski definition) is 0. The smallest absolute Gasteiger partial charge is 0.0311 e. The van der Waals surface area contributed by atoms with Crippen molar-refractivity contribution >= 4 is 17.4 Å². The summed E-state index contributed by atoms with van der Waals surface area (Å²) in [5.41, 5.74) is 5.76. The molecule has 0 spiro atoms. The van der Waals surface area contributed by atoms with Gasteiger partial charge in [0.1, 0.15) is 0 Å². The zero-order valence-corrected chi connectivity index (χ0v) is 9.47. The normalized spacial score (nSPS) is 13.8. The van der Waals surface area contributed by atoms with Gasteiger partial charge in [0, 0.05) is 4.88 Å². The molecule has 0 atom stereocenters. The van der Waals surface area contributed by atoms with Crippen molar-refractivity contribution in [3.63, 3.8) is 0 Å². The van der Waals surface area contributed by atoms with Crippen molar-refractivity contribution in [2.24, 2.45) is 0 Å². The van der Waals surface area contributed by atoms with Gasteiger partial charge in [-0.2, -0.15) is 0 Å². The Labute approximate surface area is 93.9 Å². The number of rotatable bonds is 1. The molecule has 2 aromatic rings. The highest BCUT2D eigenvalue weighted by Gasteiger charge is 2.16. The molecule has 0 fully saturated rings. The molecule has 0 N–H and O–H groups in total. The van der Waals surface area contributed by atoms with Crippen LogP contribution in [0.3, 0.4) is 0 Å². The molecule has 1 aromatic carbocycles. The first-order valence-electron chi connectivity index (χ1n) is 5.17. The van der Waals surface area contributed by atoms with Crippen molar-refractivity contribution < 1.29 is 0 Å². The van der Waals surface area contributed by atoms with E-state index in [-0.39, 0.29) is 0 Å². The Morgan fingerprint density at radius 3 is 2.73 bits per heavy atom. The van der Waals surface area contributed by atoms with Crippen molar-refractivity contribution in [1.82, 2.24) is 0 Å². The average Bonchev–Trinajstić information content (AvgIpc) is 2.77. The molecule has 1 aromatic heterocycles. The minimum Gasteiger partial charge on any atom is -0.143 e. The van der Waals surface area contributed by atoms with Gasteiger partial charge in [-0.3, -0.25) is 0 Å². The van der Waals surface area contributed by atoms with Gasteiger partial charge in [-0.1, -0.05) is 35.9 Å². The Hall–Kier alpha value is -1.34. The van der Waals surface area contributed by atoms with Crippen molar-refractivity contribution in [2.75, 3.05) is 0 Å². The number of hydrogen-bond acceptors (Lipinski definition) is 1. The number of fused-ring (bicyclic) bond motifs is 1. The van der Waals surface area contributed by atoms with E-state index in [0.717, 1.165) is 6.42 Å². The molecule has 1 aliphatic rings. The van der Waals surface area contributed by atoms with Crippen molar-refractivity contribution in [2.45, 2.75) is 13.3 Å². The first-order chi connectivity index (χ1) is 7.34. The van der Waals surface area contributed by atoms with Gasteiger partial charge in [-0.15, -0.1) is 11.3 Å². The molecule has 0 saturated heterocycles. The summed E-state index contributed by atoms with van der Waals surface area (Å²) >= 11 is 1.86. The second kappa shape index (κ2) is 3.35. The Balaban J connectivity index is 2.11. The molecular weight excluding hydrogens is 200 g/mol. The van der Waals surface area contributed by atoms with E-state index < -0.39 is 0 Å². The number of benzene rings is 1. The van der Waals surface area contributed by atoms with Crippen molar-refractivity contribution in [3.05, 3.63) is 51.7 Å². The van der Waals surface area contributed by atoms with E-state index >= 15 is 0 Å². The summed E-state index contributed by atoms with van der Waals surface area (Å²) in [6, 6.07) is 10.7. The topological polar surface area (TPSA) is 0 Å². The molecule has 0 bridgehead atoms. The molecule has 1 aliphatic carbocycles. The summed E-state index contributed by atoms with van der Waals surface area (Å²) in [6.45, 7) is 2.21. The molecule has 74 valence electrons. The van der Waals surface area contributed by atoms with Crippen LogP contribution in [0.4, 0.5) is 0 Å². The SMILES string of the molecule is CC1=Cc2scc(-c3ccccc3)c2C1. The maximum atomic E-state index is 2.31. The van der Waals surface area contributed by atoms with E-state index in [1.54, 1.807) is 0 Å². The lowest BCUT2D eigenvalue weighted by Gasteiger charge is -2.01. The first kappa shape index (κ1) is 8.93. The summed E-state index contributed by atoms with van der Waals surface area (Å²) in [5.74, 6) is 0. The van der Waals surface area contributed by atoms with Crippen LogP contribution in [0.15, 0.2) is 41.3 Å². The lowest BCUT2D eigenvalue weighted by atomic mass is 10.0. The molecule has 15 heavy (non-hydrogen) atoms. The molecule has 0 radical (unpaired) electrons. The van der Waals surface area contributed by atoms with Crippen LogP contribution in [-0.4, -0.2) is 0 Å². The summed E-state index contributed by atoms with van der Waals surface area (Å²) in [7, 11) is 0. The molecule has 0 saturated carbocycles. The van der Waals surface area contributed by atoms with Gasteiger partial charge in [-0.25, -0.2) is 0 Å². The van der Waals surface area contributed by atoms with Crippen LogP contribution in [-0.2, 0) is 6.42 Å². The monoisotopic (exact) mass is 212 g/mol. The second-order valence-corrected chi connectivity index (χ2v) is 4.94. The number of thiophene rings is 1. The third kappa shape index (κ3) is 1.44. The minimum atomic E-state index is 1.13. The fourth-order valence-electron chi connectivity index (χ4n) is 2.11. The van der Waals surface area contributed by atoms with E-state index in [9.17, 15) is 0 Å². The zero-order chi connectivity index (χ0) is 10.3. The fraction of sp³-hybridized carbons (Fsp3) is 0.143. The van der Waals surface area contributed by atoms with Crippen LogP contribution in [0.2, 0.25) is 0 Å². The third-order valence-corrected chi connectivity index (χ3v) is 3.82. The number of allylic oxidation sites excluding steroid dienone is 1. The second-order valence-electron chi connectivity index (χ2n) is 4.03. The Bertz CT molecular complexity index is 518. The standard InChI is InChI=1S/C14H12S/c1-10-7-12-13(9-15-14(12)8-10)11-5-3-2-4-6-11/h2-6,8-9H,7H2,1H3. The van der Waals surface area contributed by atoms with E-state index in [0.29, 0.717) is 0 Å². The molecule has 3 rings (SSSR count). The van der Waals surface area contributed by atoms with E-state index in [2.05, 4.69) is 48.7 Å². The van der Waals surface area contributed by atoms with Gasteiger partial charge in [0.05, 0.1) is 0 Å². The zero-order valence-electron chi connectivity index (χ0n) is 8.66. The highest BCUT2D eigenvalue weighted by Crippen LogP contribution is 2.38. The first-order valence-corrected chi connectivity index (χ1v) is 6.05. The third-order valence-electron chi connectivity index (χ3n) is 2.84. The molecule has 1 heterocycles. The van der Waals surface area contributed by atoms with Crippen LogP contribution < -0.4 is 0 Å². The molecular formula is C14H12S. The lowest BCUT2D eigenvalue weighted by molar-refractivity contribution is 1.21. The quantitative estimate of drug-likeness (QED) is 0.658. The van der Waals surface area contributed by atoms with E-state index in [1.807, 2.05) is 11.3 Å². The van der Waals surface area contributed by atoms with Crippen LogP contribution in [0.25, 0.3) is 17.2 Å². The van der Waals surface area contributed by atoms with Gasteiger partial charge in [-0.05, 0) is 41.5 Å². The Morgan fingerprint density at radius 2 is 1.93 bits per heavy atom. The Morgan fingerprint density at radius 1 is 1.13 bits per heavy atom. The van der Waals surface area contributed by atoms with Gasteiger partial charge >= 0.3 is 0 Å². The summed E-state index contributed by atoms with van der Waals surface area (Å²) in [6.07, 6.45) is 3.44. The van der Waals surface area contributed by atoms with Crippen LogP contribution in [0.5, 0.6) is 0 Å². The maximum absolute atomic E-state index is 2.31. The largest absolute Gasteiger partial charge is 0.143 e. The molecule has 1 heteroatoms. The van der Waals surface area contributed by atoms with Gasteiger partial charge in [0.2, 0.25) is 0 Å². The lowest BCUT2D eigenvalue weighted by Crippen LogP contribution is -1.83. The molecule has 0 amide bonds. The molecule has 0 aliphatic heterocycles. The van der Waals surface area contributed by atoms with Crippen molar-refractivity contribution in [1.29, 1.82) is 0 Å². The van der Waals surface area contributed by atoms with Crippen LogP contribution in [0.1, 0.15) is 17.4 Å². The summed E-state index contributed by atoms with van der Waals surface area (Å²) in [4.78, 5) is 1.45.